The van der Waals surface area contributed by atoms with E-state index in [4.69, 9.17) is 0 Å². The Bertz CT molecular complexity index is 316. The van der Waals surface area contributed by atoms with Gasteiger partial charge in [0.05, 0.1) is 11.0 Å². The number of imidazole rings is 1. The number of fused-ring (bicyclic) bond motifs is 1. The Balaban J connectivity index is 0.000000605. The fourth-order valence-electron chi connectivity index (χ4n) is 1.08. The van der Waals surface area contributed by atoms with Crippen LogP contribution in [-0.2, 0) is 0 Å². The fraction of sp³-hybridized carbons (Fsp3) is 0.222. The Kier molecular flexibility index (Phi) is 1.94. The molecular formula is C9H12N2. The number of hydrogen-bond acceptors (Lipinski definition) is 1. The minimum absolute atomic E-state index is 0. The van der Waals surface area contributed by atoms with Gasteiger partial charge in [-0.1, -0.05) is 19.6 Å². The normalized spacial score (nSPS) is 9.55. The van der Waals surface area contributed by atoms with Crippen LogP contribution in [0.2, 0.25) is 0 Å². The number of nitrogens with one attached hydrogen (secondary N) is 1. The minimum atomic E-state index is 0. The van der Waals surface area contributed by atoms with Crippen LogP contribution in [0.25, 0.3) is 11.0 Å². The predicted molar refractivity (Wildman–Crippen MR) is 47.6 cm³/mol. The standard InChI is InChI=1S/C8H8N2.CH4/c1-6-9-7-4-2-3-5-8(7)10-6;/h2-5H,1H3,(H,9,10);1H4. The summed E-state index contributed by atoms with van der Waals surface area (Å²) in [5, 5.41) is 0. The van der Waals surface area contributed by atoms with Crippen molar-refractivity contribution in [3.63, 3.8) is 0 Å². The average Bonchev–Trinajstić information content (AvgIpc) is 2.27. The molecule has 1 N–H and O–H groups in total. The van der Waals surface area contributed by atoms with Gasteiger partial charge in [-0.25, -0.2) is 4.98 Å². The van der Waals surface area contributed by atoms with Gasteiger partial charge in [-0.3, -0.25) is 0 Å². The molecule has 0 fully saturated rings. The first-order valence-electron chi connectivity index (χ1n) is 3.27. The first kappa shape index (κ1) is 7.79. The van der Waals surface area contributed by atoms with E-state index in [1.54, 1.807) is 0 Å². The first-order valence-corrected chi connectivity index (χ1v) is 3.27. The zero-order chi connectivity index (χ0) is 6.97. The van der Waals surface area contributed by atoms with Crippen molar-refractivity contribution in [1.29, 1.82) is 0 Å². The van der Waals surface area contributed by atoms with Crippen LogP contribution in [0.4, 0.5) is 0 Å². The van der Waals surface area contributed by atoms with Gasteiger partial charge in [0.1, 0.15) is 5.82 Å². The second-order valence-electron chi connectivity index (χ2n) is 2.34. The summed E-state index contributed by atoms with van der Waals surface area (Å²) < 4.78 is 0. The van der Waals surface area contributed by atoms with Crippen LogP contribution in [0.5, 0.6) is 0 Å². The van der Waals surface area contributed by atoms with E-state index in [1.807, 2.05) is 31.2 Å². The van der Waals surface area contributed by atoms with Crippen molar-refractivity contribution in [3.8, 4) is 0 Å². The van der Waals surface area contributed by atoms with Gasteiger partial charge >= 0.3 is 0 Å². The molecule has 0 saturated carbocycles. The van der Waals surface area contributed by atoms with Crippen molar-refractivity contribution >= 4 is 11.0 Å². The van der Waals surface area contributed by atoms with Gasteiger partial charge in [-0.15, -0.1) is 0 Å². The van der Waals surface area contributed by atoms with Gasteiger partial charge in [0.25, 0.3) is 0 Å². The third-order valence-corrected chi connectivity index (χ3v) is 1.51. The van der Waals surface area contributed by atoms with Crippen molar-refractivity contribution in [1.82, 2.24) is 9.97 Å². The largest absolute Gasteiger partial charge is 0.342 e. The molecular weight excluding hydrogens is 136 g/mol. The quantitative estimate of drug-likeness (QED) is 0.611. The van der Waals surface area contributed by atoms with E-state index in [-0.39, 0.29) is 7.43 Å². The summed E-state index contributed by atoms with van der Waals surface area (Å²) in [4.78, 5) is 7.40. The molecule has 2 rings (SSSR count). The predicted octanol–water partition coefficient (Wildman–Crippen LogP) is 2.51. The summed E-state index contributed by atoms with van der Waals surface area (Å²) in [5.41, 5.74) is 2.15. The van der Waals surface area contributed by atoms with E-state index in [1.165, 1.54) is 0 Å². The molecule has 0 aliphatic rings. The second-order valence-corrected chi connectivity index (χ2v) is 2.34. The zero-order valence-electron chi connectivity index (χ0n) is 5.76. The molecule has 2 nitrogen and oxygen atoms in total. The van der Waals surface area contributed by atoms with Gasteiger partial charge in [-0.2, -0.15) is 0 Å². The maximum atomic E-state index is 4.26. The maximum Gasteiger partial charge on any atom is 0.104 e. The lowest BCUT2D eigenvalue weighted by atomic mass is 10.3. The van der Waals surface area contributed by atoms with E-state index in [9.17, 15) is 0 Å². The summed E-state index contributed by atoms with van der Waals surface area (Å²) in [6.07, 6.45) is 0. The lowest BCUT2D eigenvalue weighted by molar-refractivity contribution is 1.17. The van der Waals surface area contributed by atoms with Gasteiger partial charge in [0.15, 0.2) is 0 Å². The second kappa shape index (κ2) is 2.74. The minimum Gasteiger partial charge on any atom is -0.342 e. The Morgan fingerprint density at radius 3 is 2.73 bits per heavy atom. The summed E-state index contributed by atoms with van der Waals surface area (Å²) >= 11 is 0. The number of aromatic amines is 1. The third-order valence-electron chi connectivity index (χ3n) is 1.51. The molecule has 2 aromatic rings. The number of para-hydroxylation sites is 2. The topological polar surface area (TPSA) is 28.7 Å². The van der Waals surface area contributed by atoms with Crippen molar-refractivity contribution < 1.29 is 0 Å². The molecule has 2 heteroatoms. The molecule has 0 radical (unpaired) electrons. The number of nitrogens with zero attached hydrogens (tertiary/aromatic N) is 1. The van der Waals surface area contributed by atoms with E-state index in [0.717, 1.165) is 16.9 Å². The smallest absolute Gasteiger partial charge is 0.104 e. The van der Waals surface area contributed by atoms with Crippen LogP contribution < -0.4 is 0 Å². The SMILES string of the molecule is C.Cc1nc2ccccc2[nH]1. The van der Waals surface area contributed by atoms with Crippen molar-refractivity contribution in [3.05, 3.63) is 30.1 Å². The number of aryl methyl sites for hydroxylation is 1. The Morgan fingerprint density at radius 1 is 1.27 bits per heavy atom. The number of rotatable bonds is 0. The van der Waals surface area contributed by atoms with Crippen molar-refractivity contribution in [2.24, 2.45) is 0 Å². The van der Waals surface area contributed by atoms with Crippen molar-refractivity contribution in [2.75, 3.05) is 0 Å². The van der Waals surface area contributed by atoms with E-state index in [0.29, 0.717) is 0 Å². The van der Waals surface area contributed by atoms with Gasteiger partial charge < -0.3 is 4.98 Å². The number of hydrogen-bond donors (Lipinski definition) is 1. The molecule has 0 unspecified atom stereocenters. The fourth-order valence-corrected chi connectivity index (χ4v) is 1.08. The highest BCUT2D eigenvalue weighted by Gasteiger charge is 1.93. The zero-order valence-corrected chi connectivity index (χ0v) is 5.76. The highest BCUT2D eigenvalue weighted by atomic mass is 14.9. The highest BCUT2D eigenvalue weighted by molar-refractivity contribution is 5.74. The summed E-state index contributed by atoms with van der Waals surface area (Å²) in [7, 11) is 0. The van der Waals surface area contributed by atoms with Crippen LogP contribution in [0.3, 0.4) is 0 Å². The lowest BCUT2D eigenvalue weighted by Gasteiger charge is -1.81. The summed E-state index contributed by atoms with van der Waals surface area (Å²) in [6, 6.07) is 8.01. The number of benzene rings is 1. The molecule has 1 aromatic carbocycles. The lowest BCUT2D eigenvalue weighted by Crippen LogP contribution is -1.68. The molecule has 0 saturated heterocycles. The molecule has 0 bridgehead atoms. The van der Waals surface area contributed by atoms with E-state index >= 15 is 0 Å². The molecule has 0 amide bonds. The van der Waals surface area contributed by atoms with Crippen molar-refractivity contribution in [2.45, 2.75) is 14.4 Å². The summed E-state index contributed by atoms with van der Waals surface area (Å²) in [6.45, 7) is 1.96. The molecule has 0 atom stereocenters. The van der Waals surface area contributed by atoms with Crippen LogP contribution in [0, 0.1) is 6.92 Å². The molecule has 0 aliphatic heterocycles. The molecule has 11 heavy (non-hydrogen) atoms. The Labute approximate surface area is 66.3 Å². The van der Waals surface area contributed by atoms with E-state index in [2.05, 4.69) is 9.97 Å². The van der Waals surface area contributed by atoms with Crippen LogP contribution in [0.1, 0.15) is 13.3 Å². The molecule has 0 spiro atoms. The van der Waals surface area contributed by atoms with Gasteiger partial charge in [-0.05, 0) is 19.1 Å². The Hall–Kier alpha value is -1.31. The third kappa shape index (κ3) is 1.24. The first-order chi connectivity index (χ1) is 4.86. The van der Waals surface area contributed by atoms with Crippen LogP contribution in [0.15, 0.2) is 24.3 Å². The summed E-state index contributed by atoms with van der Waals surface area (Å²) in [5.74, 6) is 0.973. The average molecular weight is 148 g/mol. The van der Waals surface area contributed by atoms with Crippen LogP contribution in [-0.4, -0.2) is 9.97 Å². The number of H-pyrrole nitrogens is 1. The number of aromatic nitrogens is 2. The van der Waals surface area contributed by atoms with E-state index < -0.39 is 0 Å². The highest BCUT2D eigenvalue weighted by Crippen LogP contribution is 2.08. The maximum absolute atomic E-state index is 4.26. The molecule has 1 heterocycles. The van der Waals surface area contributed by atoms with Crippen LogP contribution >= 0.6 is 0 Å². The van der Waals surface area contributed by atoms with Gasteiger partial charge in [0, 0.05) is 0 Å². The Morgan fingerprint density at radius 2 is 2.00 bits per heavy atom. The van der Waals surface area contributed by atoms with Gasteiger partial charge in [0.2, 0.25) is 0 Å². The molecule has 0 aliphatic carbocycles. The molecule has 58 valence electrons. The molecule has 1 aromatic heterocycles. The monoisotopic (exact) mass is 148 g/mol.